The first kappa shape index (κ1) is 19.8. The Balaban J connectivity index is 1.37. The van der Waals surface area contributed by atoms with E-state index in [1.807, 2.05) is 0 Å². The van der Waals surface area contributed by atoms with Crippen molar-refractivity contribution in [2.24, 2.45) is 0 Å². The van der Waals surface area contributed by atoms with Crippen LogP contribution < -0.4 is 4.74 Å². The van der Waals surface area contributed by atoms with Gasteiger partial charge >= 0.3 is 12.1 Å². The number of aromatic nitrogens is 3. The van der Waals surface area contributed by atoms with Crippen molar-refractivity contribution in [2.45, 2.75) is 18.7 Å². The van der Waals surface area contributed by atoms with E-state index in [1.165, 1.54) is 36.5 Å². The molecule has 0 aliphatic carbocycles. The second-order valence-electron chi connectivity index (χ2n) is 6.59. The molecule has 3 aromatic rings. The van der Waals surface area contributed by atoms with Gasteiger partial charge in [0.1, 0.15) is 23.4 Å². The van der Waals surface area contributed by atoms with Gasteiger partial charge in [-0.15, -0.1) is 0 Å². The van der Waals surface area contributed by atoms with Crippen molar-refractivity contribution in [2.75, 3.05) is 13.1 Å². The normalized spacial score (nSPS) is 16.7. The molecule has 0 radical (unpaired) electrons. The number of hydrogen-bond donors (Lipinski definition) is 0. The van der Waals surface area contributed by atoms with Crippen molar-refractivity contribution in [3.05, 3.63) is 59.9 Å². The number of likely N-dealkylation sites (tertiary alicyclic amines) is 1. The molecule has 0 unspecified atom stereocenters. The predicted octanol–water partition coefficient (Wildman–Crippen LogP) is 3.58. The van der Waals surface area contributed by atoms with Crippen molar-refractivity contribution in [3.8, 4) is 17.3 Å². The number of carbonyl (C=O) groups excluding carboxylic acids is 1. The Kier molecular flexibility index (Phi) is 5.10. The monoisotopic (exact) mass is 422 g/mol. The number of halogens is 4. The number of carbonyl (C=O) groups is 1. The van der Waals surface area contributed by atoms with Gasteiger partial charge in [0, 0.05) is 18.5 Å². The van der Waals surface area contributed by atoms with Crippen molar-refractivity contribution in [1.82, 2.24) is 20.0 Å². The molecule has 2 aromatic heterocycles. The molecule has 1 saturated heterocycles. The van der Waals surface area contributed by atoms with Crippen LogP contribution in [-0.4, -0.2) is 45.1 Å². The van der Waals surface area contributed by atoms with Crippen molar-refractivity contribution >= 4 is 5.91 Å². The number of hydrogen-bond acceptors (Lipinski definition) is 6. The highest BCUT2D eigenvalue weighted by molar-refractivity contribution is 5.94. The Morgan fingerprint density at radius 3 is 2.73 bits per heavy atom. The molecule has 1 aliphatic heterocycles. The summed E-state index contributed by atoms with van der Waals surface area (Å²) in [6.07, 6.45) is -3.12. The minimum absolute atomic E-state index is 0.0935. The number of alkyl halides is 3. The van der Waals surface area contributed by atoms with Crippen LogP contribution >= 0.6 is 0 Å². The molecule has 30 heavy (non-hydrogen) atoms. The summed E-state index contributed by atoms with van der Waals surface area (Å²) in [6, 6.07) is 8.39. The van der Waals surface area contributed by atoms with E-state index in [1.54, 1.807) is 11.0 Å². The van der Waals surface area contributed by atoms with E-state index in [2.05, 4.69) is 19.6 Å². The van der Waals surface area contributed by atoms with E-state index >= 15 is 0 Å². The zero-order chi connectivity index (χ0) is 21.3. The topological polar surface area (TPSA) is 81.4 Å². The number of ether oxygens (including phenoxy) is 1. The van der Waals surface area contributed by atoms with E-state index in [-0.39, 0.29) is 29.1 Å². The number of rotatable bonds is 4. The summed E-state index contributed by atoms with van der Waals surface area (Å²) in [6.45, 7) is 0.769. The summed E-state index contributed by atoms with van der Waals surface area (Å²) in [5, 5.41) is 3.27. The Morgan fingerprint density at radius 2 is 2.07 bits per heavy atom. The van der Waals surface area contributed by atoms with Crippen LogP contribution in [0.2, 0.25) is 0 Å². The number of nitrogens with zero attached hydrogens (tertiary/aromatic N) is 4. The lowest BCUT2D eigenvalue weighted by atomic mass is 10.2. The smallest absolute Gasteiger partial charge is 0.471 e. The lowest BCUT2D eigenvalue weighted by Crippen LogP contribution is -2.31. The largest absolute Gasteiger partial charge is 0.487 e. The molecule has 0 N–H and O–H groups in total. The van der Waals surface area contributed by atoms with Gasteiger partial charge in [-0.25, -0.2) is 9.37 Å². The van der Waals surface area contributed by atoms with E-state index < -0.39 is 17.9 Å². The third-order valence-electron chi connectivity index (χ3n) is 4.44. The molecule has 1 amide bonds. The highest BCUT2D eigenvalue weighted by Crippen LogP contribution is 2.29. The molecule has 1 fully saturated rings. The summed E-state index contributed by atoms with van der Waals surface area (Å²) in [5.41, 5.74) is 0.357. The van der Waals surface area contributed by atoms with Gasteiger partial charge in [-0.1, -0.05) is 11.2 Å². The Morgan fingerprint density at radius 1 is 1.23 bits per heavy atom. The fourth-order valence-corrected chi connectivity index (χ4v) is 3.03. The standard InChI is InChI=1S/C19H14F4N4O3/c20-12-3-1-2-11(8-12)17(28)27-7-6-14(10-27)29-13-4-5-15(24-9-13)16-25-18(30-26-16)19(21,22)23/h1-5,8-9,14H,6-7,10H2/t14-/m0/s1. The summed E-state index contributed by atoms with van der Waals surface area (Å²) in [7, 11) is 0. The Bertz CT molecular complexity index is 1050. The highest BCUT2D eigenvalue weighted by Gasteiger charge is 2.38. The third kappa shape index (κ3) is 4.24. The first-order valence-electron chi connectivity index (χ1n) is 8.88. The van der Waals surface area contributed by atoms with Gasteiger partial charge in [0.05, 0.1) is 12.7 Å². The molecular weight excluding hydrogens is 408 g/mol. The molecule has 11 heteroatoms. The Hall–Kier alpha value is -3.50. The molecule has 1 aliphatic rings. The molecule has 1 aromatic carbocycles. The maximum Gasteiger partial charge on any atom is 0.471 e. The van der Waals surface area contributed by atoms with Gasteiger partial charge < -0.3 is 14.2 Å². The quantitative estimate of drug-likeness (QED) is 0.598. The van der Waals surface area contributed by atoms with Crippen LogP contribution in [0.4, 0.5) is 17.6 Å². The minimum Gasteiger partial charge on any atom is -0.487 e. The van der Waals surface area contributed by atoms with Gasteiger partial charge in [-0.3, -0.25) is 4.79 Å². The van der Waals surface area contributed by atoms with Crippen LogP contribution in [0, 0.1) is 5.82 Å². The van der Waals surface area contributed by atoms with Crippen molar-refractivity contribution < 1.29 is 31.6 Å². The summed E-state index contributed by atoms with van der Waals surface area (Å²) in [4.78, 5) is 21.3. The second kappa shape index (κ2) is 7.73. The lowest BCUT2D eigenvalue weighted by molar-refractivity contribution is -0.159. The summed E-state index contributed by atoms with van der Waals surface area (Å²) < 4.78 is 60.9. The van der Waals surface area contributed by atoms with Crippen molar-refractivity contribution in [1.29, 1.82) is 0 Å². The average molecular weight is 422 g/mol. The fraction of sp³-hybridized carbons (Fsp3) is 0.263. The number of amides is 1. The van der Waals surface area contributed by atoms with E-state index in [9.17, 15) is 22.4 Å². The maximum atomic E-state index is 13.3. The Labute approximate surface area is 167 Å². The molecular formula is C19H14F4N4O3. The first-order chi connectivity index (χ1) is 14.3. The van der Waals surface area contributed by atoms with E-state index in [0.717, 1.165) is 0 Å². The van der Waals surface area contributed by atoms with Crippen LogP contribution in [0.1, 0.15) is 22.7 Å². The van der Waals surface area contributed by atoms with E-state index in [0.29, 0.717) is 25.3 Å². The zero-order valence-electron chi connectivity index (χ0n) is 15.3. The minimum atomic E-state index is -4.73. The van der Waals surface area contributed by atoms with Gasteiger partial charge in [-0.2, -0.15) is 18.2 Å². The van der Waals surface area contributed by atoms with Crippen molar-refractivity contribution in [3.63, 3.8) is 0 Å². The summed E-state index contributed by atoms with van der Waals surface area (Å²) >= 11 is 0. The number of pyridine rings is 1. The van der Waals surface area contributed by atoms with E-state index in [4.69, 9.17) is 4.74 Å². The molecule has 0 spiro atoms. The predicted molar refractivity (Wildman–Crippen MR) is 93.9 cm³/mol. The van der Waals surface area contributed by atoms with Crippen LogP contribution in [0.15, 0.2) is 47.1 Å². The van der Waals surface area contributed by atoms with Gasteiger partial charge in [0.15, 0.2) is 0 Å². The zero-order valence-corrected chi connectivity index (χ0v) is 15.3. The molecule has 0 bridgehead atoms. The average Bonchev–Trinajstić information content (AvgIpc) is 3.38. The lowest BCUT2D eigenvalue weighted by Gasteiger charge is -2.17. The second-order valence-corrected chi connectivity index (χ2v) is 6.59. The molecule has 3 heterocycles. The first-order valence-corrected chi connectivity index (χ1v) is 8.88. The van der Waals surface area contributed by atoms with Gasteiger partial charge in [0.2, 0.25) is 5.82 Å². The summed E-state index contributed by atoms with van der Waals surface area (Å²) in [5.74, 6) is -2.13. The molecule has 156 valence electrons. The van der Waals surface area contributed by atoms with Crippen LogP contribution in [0.3, 0.4) is 0 Å². The fourth-order valence-electron chi connectivity index (χ4n) is 3.03. The van der Waals surface area contributed by atoms with Crippen LogP contribution in [0.25, 0.3) is 11.5 Å². The number of benzene rings is 1. The third-order valence-corrected chi connectivity index (χ3v) is 4.44. The van der Waals surface area contributed by atoms with Crippen LogP contribution in [0.5, 0.6) is 5.75 Å². The van der Waals surface area contributed by atoms with Gasteiger partial charge in [-0.05, 0) is 30.3 Å². The molecule has 0 saturated carbocycles. The highest BCUT2D eigenvalue weighted by atomic mass is 19.4. The molecule has 4 rings (SSSR count). The van der Waals surface area contributed by atoms with Crippen LogP contribution in [-0.2, 0) is 6.18 Å². The SMILES string of the molecule is O=C(c1cccc(F)c1)N1CC[C@H](Oc2ccc(-c3noc(C(F)(F)F)n3)nc2)C1. The maximum absolute atomic E-state index is 13.3. The van der Waals surface area contributed by atoms with Gasteiger partial charge in [0.25, 0.3) is 5.91 Å². The molecule has 7 nitrogen and oxygen atoms in total. The molecule has 1 atom stereocenters.